The van der Waals surface area contributed by atoms with E-state index in [-0.39, 0.29) is 18.0 Å². The SMILES string of the molecule is CCNC(Cc1cc(F)ccc1F)CC(C)OC. The third-order valence-electron chi connectivity index (χ3n) is 2.99. The Morgan fingerprint density at radius 3 is 2.67 bits per heavy atom. The van der Waals surface area contributed by atoms with Crippen molar-refractivity contribution < 1.29 is 13.5 Å². The molecular formula is C14H21F2NO. The summed E-state index contributed by atoms with van der Waals surface area (Å²) in [6.07, 6.45) is 1.32. The molecule has 0 aliphatic carbocycles. The molecule has 1 aromatic rings. The van der Waals surface area contributed by atoms with Crippen LogP contribution in [0.1, 0.15) is 25.8 Å². The van der Waals surface area contributed by atoms with Crippen LogP contribution in [0.3, 0.4) is 0 Å². The van der Waals surface area contributed by atoms with Crippen LogP contribution >= 0.6 is 0 Å². The van der Waals surface area contributed by atoms with Gasteiger partial charge in [0.25, 0.3) is 0 Å². The Labute approximate surface area is 107 Å². The first-order valence-electron chi connectivity index (χ1n) is 6.26. The second kappa shape index (κ2) is 7.44. The van der Waals surface area contributed by atoms with E-state index in [4.69, 9.17) is 4.74 Å². The topological polar surface area (TPSA) is 21.3 Å². The molecule has 0 fully saturated rings. The smallest absolute Gasteiger partial charge is 0.126 e. The van der Waals surface area contributed by atoms with Gasteiger partial charge in [-0.05, 0) is 50.1 Å². The summed E-state index contributed by atoms with van der Waals surface area (Å²) in [5, 5.41) is 3.27. The van der Waals surface area contributed by atoms with Gasteiger partial charge in [0.15, 0.2) is 0 Å². The molecule has 0 saturated carbocycles. The van der Waals surface area contributed by atoms with Crippen LogP contribution in [0.2, 0.25) is 0 Å². The van der Waals surface area contributed by atoms with Crippen molar-refractivity contribution in [3.8, 4) is 0 Å². The van der Waals surface area contributed by atoms with E-state index in [0.717, 1.165) is 19.0 Å². The largest absolute Gasteiger partial charge is 0.382 e. The number of ether oxygens (including phenoxy) is 1. The fraction of sp³-hybridized carbons (Fsp3) is 0.571. The average Bonchev–Trinajstić information content (AvgIpc) is 2.34. The minimum Gasteiger partial charge on any atom is -0.382 e. The van der Waals surface area contributed by atoms with Gasteiger partial charge in [-0.25, -0.2) is 8.78 Å². The molecule has 0 heterocycles. The molecule has 18 heavy (non-hydrogen) atoms. The highest BCUT2D eigenvalue weighted by molar-refractivity contribution is 5.19. The van der Waals surface area contributed by atoms with E-state index in [0.29, 0.717) is 12.0 Å². The van der Waals surface area contributed by atoms with Crippen molar-refractivity contribution in [2.24, 2.45) is 0 Å². The lowest BCUT2D eigenvalue weighted by Crippen LogP contribution is -2.34. The monoisotopic (exact) mass is 257 g/mol. The first-order valence-corrected chi connectivity index (χ1v) is 6.26. The van der Waals surface area contributed by atoms with Gasteiger partial charge in [-0.15, -0.1) is 0 Å². The molecule has 0 spiro atoms. The van der Waals surface area contributed by atoms with E-state index >= 15 is 0 Å². The maximum Gasteiger partial charge on any atom is 0.126 e. The third kappa shape index (κ3) is 4.70. The highest BCUT2D eigenvalue weighted by Gasteiger charge is 2.15. The van der Waals surface area contributed by atoms with Gasteiger partial charge in [0.05, 0.1) is 6.10 Å². The average molecular weight is 257 g/mol. The number of nitrogens with one attached hydrogen (secondary N) is 1. The molecule has 0 aliphatic rings. The number of benzene rings is 1. The fourth-order valence-electron chi connectivity index (χ4n) is 1.99. The molecule has 1 aromatic carbocycles. The summed E-state index contributed by atoms with van der Waals surface area (Å²) in [5.74, 6) is -0.759. The fourth-order valence-corrected chi connectivity index (χ4v) is 1.99. The Kier molecular flexibility index (Phi) is 6.22. The van der Waals surface area contributed by atoms with Crippen LogP contribution in [0.25, 0.3) is 0 Å². The van der Waals surface area contributed by atoms with Crippen molar-refractivity contribution in [1.29, 1.82) is 0 Å². The van der Waals surface area contributed by atoms with Gasteiger partial charge in [-0.3, -0.25) is 0 Å². The molecule has 1 rings (SSSR count). The normalized spacial score (nSPS) is 14.5. The van der Waals surface area contributed by atoms with E-state index in [1.54, 1.807) is 7.11 Å². The van der Waals surface area contributed by atoms with Gasteiger partial charge in [0.2, 0.25) is 0 Å². The Morgan fingerprint density at radius 1 is 1.33 bits per heavy atom. The van der Waals surface area contributed by atoms with Crippen LogP contribution in [0.4, 0.5) is 8.78 Å². The standard InChI is InChI=1S/C14H21F2NO/c1-4-17-13(7-10(2)18-3)9-11-8-12(15)5-6-14(11)16/h5-6,8,10,13,17H,4,7,9H2,1-3H3. The maximum absolute atomic E-state index is 13.6. The van der Waals surface area contributed by atoms with Crippen molar-refractivity contribution in [1.82, 2.24) is 5.32 Å². The maximum atomic E-state index is 13.6. The van der Waals surface area contributed by atoms with Crippen LogP contribution in [0, 0.1) is 11.6 Å². The van der Waals surface area contributed by atoms with Crippen molar-refractivity contribution in [3.63, 3.8) is 0 Å². The summed E-state index contributed by atoms with van der Waals surface area (Å²) in [7, 11) is 1.65. The van der Waals surface area contributed by atoms with Gasteiger partial charge in [-0.1, -0.05) is 6.92 Å². The molecule has 0 saturated heterocycles. The minimum absolute atomic E-state index is 0.0845. The Bertz CT molecular complexity index is 371. The molecule has 102 valence electrons. The van der Waals surface area contributed by atoms with Crippen molar-refractivity contribution >= 4 is 0 Å². The molecule has 0 amide bonds. The van der Waals surface area contributed by atoms with Gasteiger partial charge >= 0.3 is 0 Å². The van der Waals surface area contributed by atoms with Crippen LogP contribution in [0.5, 0.6) is 0 Å². The van der Waals surface area contributed by atoms with Gasteiger partial charge in [-0.2, -0.15) is 0 Å². The number of likely N-dealkylation sites (N-methyl/N-ethyl adjacent to an activating group) is 1. The predicted molar refractivity (Wildman–Crippen MR) is 68.6 cm³/mol. The summed E-state index contributed by atoms with van der Waals surface area (Å²) in [5.41, 5.74) is 0.407. The summed E-state index contributed by atoms with van der Waals surface area (Å²) in [6, 6.07) is 3.66. The molecule has 0 aromatic heterocycles. The second-order valence-corrected chi connectivity index (χ2v) is 4.48. The quantitative estimate of drug-likeness (QED) is 0.811. The molecule has 2 unspecified atom stereocenters. The minimum atomic E-state index is -0.401. The highest BCUT2D eigenvalue weighted by atomic mass is 19.1. The number of hydrogen-bond donors (Lipinski definition) is 1. The molecule has 4 heteroatoms. The Morgan fingerprint density at radius 2 is 2.06 bits per heavy atom. The first kappa shape index (κ1) is 15.1. The summed E-state index contributed by atoms with van der Waals surface area (Å²) < 4.78 is 31.9. The molecule has 0 radical (unpaired) electrons. The molecular weight excluding hydrogens is 236 g/mol. The van der Waals surface area contributed by atoms with Crippen molar-refractivity contribution in [2.75, 3.05) is 13.7 Å². The molecule has 2 nitrogen and oxygen atoms in total. The zero-order valence-corrected chi connectivity index (χ0v) is 11.2. The Balaban J connectivity index is 2.72. The molecule has 2 atom stereocenters. The van der Waals surface area contributed by atoms with E-state index in [1.165, 1.54) is 12.1 Å². The van der Waals surface area contributed by atoms with Gasteiger partial charge in [0.1, 0.15) is 11.6 Å². The zero-order chi connectivity index (χ0) is 13.5. The number of halogens is 2. The van der Waals surface area contributed by atoms with Crippen molar-refractivity contribution in [2.45, 2.75) is 38.8 Å². The van der Waals surface area contributed by atoms with Crippen molar-refractivity contribution in [3.05, 3.63) is 35.4 Å². The molecule has 0 aliphatic heterocycles. The van der Waals surface area contributed by atoms with E-state index in [9.17, 15) is 8.78 Å². The summed E-state index contributed by atoms with van der Waals surface area (Å²) >= 11 is 0. The lowest BCUT2D eigenvalue weighted by atomic mass is 10.0. The van der Waals surface area contributed by atoms with Crippen LogP contribution in [-0.2, 0) is 11.2 Å². The van der Waals surface area contributed by atoms with Crippen LogP contribution in [0.15, 0.2) is 18.2 Å². The number of methoxy groups -OCH3 is 1. The van der Waals surface area contributed by atoms with Gasteiger partial charge in [0, 0.05) is 13.2 Å². The van der Waals surface area contributed by atoms with E-state index in [1.807, 2.05) is 13.8 Å². The first-order chi connectivity index (χ1) is 8.56. The summed E-state index contributed by atoms with van der Waals surface area (Å²) in [4.78, 5) is 0. The second-order valence-electron chi connectivity index (χ2n) is 4.48. The number of hydrogen-bond acceptors (Lipinski definition) is 2. The molecule has 0 bridgehead atoms. The summed E-state index contributed by atoms with van der Waals surface area (Å²) in [6.45, 7) is 4.75. The van der Waals surface area contributed by atoms with Gasteiger partial charge < -0.3 is 10.1 Å². The number of rotatable bonds is 7. The third-order valence-corrected chi connectivity index (χ3v) is 2.99. The Hall–Kier alpha value is -1.00. The van der Waals surface area contributed by atoms with Crippen LogP contribution < -0.4 is 5.32 Å². The van der Waals surface area contributed by atoms with E-state index < -0.39 is 5.82 Å². The zero-order valence-electron chi connectivity index (χ0n) is 11.2. The highest BCUT2D eigenvalue weighted by Crippen LogP contribution is 2.14. The lowest BCUT2D eigenvalue weighted by Gasteiger charge is -2.21. The lowest BCUT2D eigenvalue weighted by molar-refractivity contribution is 0.100. The van der Waals surface area contributed by atoms with E-state index in [2.05, 4.69) is 5.32 Å². The van der Waals surface area contributed by atoms with Crippen LogP contribution in [-0.4, -0.2) is 25.8 Å². The predicted octanol–water partition coefficient (Wildman–Crippen LogP) is 2.91. The molecule has 1 N–H and O–H groups in total.